The second-order valence-electron chi connectivity index (χ2n) is 4.60. The van der Waals surface area contributed by atoms with Gasteiger partial charge in [-0.15, -0.1) is 0 Å². The highest BCUT2D eigenvalue weighted by atomic mass is 35.5. The van der Waals surface area contributed by atoms with E-state index in [9.17, 15) is 4.79 Å². The first-order valence-corrected chi connectivity index (χ1v) is 6.34. The molecule has 104 valence electrons. The van der Waals surface area contributed by atoms with E-state index in [0.29, 0.717) is 5.02 Å². The van der Waals surface area contributed by atoms with E-state index in [1.807, 2.05) is 33.3 Å². The van der Waals surface area contributed by atoms with Crippen molar-refractivity contribution in [3.8, 4) is 0 Å². The number of aliphatic carboxylic acids is 1. The van der Waals surface area contributed by atoms with Gasteiger partial charge in [0.25, 0.3) is 0 Å². The van der Waals surface area contributed by atoms with Gasteiger partial charge in [-0.2, -0.15) is 0 Å². The van der Waals surface area contributed by atoms with Crippen molar-refractivity contribution in [2.45, 2.75) is 0 Å². The highest BCUT2D eigenvalue weighted by Gasteiger charge is 2.07. The molecule has 0 aliphatic rings. The fraction of sp³-hybridized carbons (Fsp3) is 0.357. The average molecular weight is 283 g/mol. The van der Waals surface area contributed by atoms with E-state index in [1.165, 1.54) is 0 Å². The molecule has 0 saturated heterocycles. The van der Waals surface area contributed by atoms with E-state index < -0.39 is 5.97 Å². The first-order valence-electron chi connectivity index (χ1n) is 5.96. The zero-order valence-corrected chi connectivity index (χ0v) is 12.2. The van der Waals surface area contributed by atoms with Gasteiger partial charge >= 0.3 is 5.97 Å². The third-order valence-corrected chi connectivity index (χ3v) is 2.93. The number of hydrogen-bond acceptors (Lipinski definition) is 3. The van der Waals surface area contributed by atoms with E-state index in [-0.39, 0.29) is 0 Å². The molecule has 19 heavy (non-hydrogen) atoms. The predicted octanol–water partition coefficient (Wildman–Crippen LogP) is 2.44. The van der Waals surface area contributed by atoms with Gasteiger partial charge in [0.15, 0.2) is 0 Å². The molecule has 4 nitrogen and oxygen atoms in total. The minimum atomic E-state index is -0.961. The number of carboxylic acids is 1. The Bertz CT molecular complexity index is 473. The molecule has 0 aromatic heterocycles. The van der Waals surface area contributed by atoms with Crippen LogP contribution in [-0.4, -0.2) is 50.2 Å². The molecule has 0 saturated carbocycles. The molecular weight excluding hydrogens is 264 g/mol. The molecule has 0 bridgehead atoms. The molecule has 0 radical (unpaired) electrons. The van der Waals surface area contributed by atoms with Crippen LogP contribution in [0.5, 0.6) is 0 Å². The van der Waals surface area contributed by atoms with E-state index in [2.05, 4.69) is 9.80 Å². The molecular formula is C14H19ClN2O2. The molecule has 0 unspecified atom stereocenters. The molecule has 1 rings (SSSR count). The Morgan fingerprint density at radius 2 is 2.00 bits per heavy atom. The lowest BCUT2D eigenvalue weighted by atomic mass is 10.1. The maximum Gasteiger partial charge on any atom is 0.328 e. The van der Waals surface area contributed by atoms with E-state index in [0.717, 1.165) is 30.4 Å². The fourth-order valence-electron chi connectivity index (χ4n) is 1.62. The van der Waals surface area contributed by atoms with Crippen LogP contribution in [0, 0.1) is 0 Å². The van der Waals surface area contributed by atoms with Gasteiger partial charge in [0.2, 0.25) is 0 Å². The second kappa shape index (κ2) is 7.16. The van der Waals surface area contributed by atoms with Gasteiger partial charge in [0.05, 0.1) is 0 Å². The number of carboxylic acid groups (broad SMARTS) is 1. The van der Waals surface area contributed by atoms with Gasteiger partial charge in [-0.1, -0.05) is 17.7 Å². The summed E-state index contributed by atoms with van der Waals surface area (Å²) in [6.45, 7) is 1.74. The van der Waals surface area contributed by atoms with Crippen molar-refractivity contribution in [3.05, 3.63) is 34.9 Å². The Morgan fingerprint density at radius 1 is 1.32 bits per heavy atom. The number of nitrogens with zero attached hydrogens (tertiary/aromatic N) is 2. The van der Waals surface area contributed by atoms with Crippen LogP contribution < -0.4 is 4.90 Å². The van der Waals surface area contributed by atoms with Crippen molar-refractivity contribution >= 4 is 29.3 Å². The Kier molecular flexibility index (Phi) is 5.86. The van der Waals surface area contributed by atoms with Gasteiger partial charge < -0.3 is 14.9 Å². The molecule has 1 N–H and O–H groups in total. The van der Waals surface area contributed by atoms with Crippen molar-refractivity contribution in [1.82, 2.24) is 4.90 Å². The summed E-state index contributed by atoms with van der Waals surface area (Å²) in [7, 11) is 5.99. The maximum absolute atomic E-state index is 10.6. The summed E-state index contributed by atoms with van der Waals surface area (Å²) in [5.74, 6) is -0.961. The van der Waals surface area contributed by atoms with Crippen LogP contribution in [0.15, 0.2) is 24.3 Å². The molecule has 0 amide bonds. The highest BCUT2D eigenvalue weighted by molar-refractivity contribution is 6.31. The third-order valence-electron chi connectivity index (χ3n) is 2.69. The van der Waals surface area contributed by atoms with Gasteiger partial charge in [-0.05, 0) is 37.9 Å². The van der Waals surface area contributed by atoms with Crippen molar-refractivity contribution < 1.29 is 9.90 Å². The van der Waals surface area contributed by atoms with Crippen LogP contribution in [0.3, 0.4) is 0 Å². The van der Waals surface area contributed by atoms with Crippen LogP contribution in [0.25, 0.3) is 6.08 Å². The summed E-state index contributed by atoms with van der Waals surface area (Å²) in [5.41, 5.74) is 1.76. The lowest BCUT2D eigenvalue weighted by Gasteiger charge is -2.23. The van der Waals surface area contributed by atoms with Gasteiger partial charge in [0.1, 0.15) is 0 Å². The molecule has 0 aliphatic heterocycles. The Hall–Kier alpha value is -1.52. The summed E-state index contributed by atoms with van der Waals surface area (Å²) in [6, 6.07) is 5.42. The van der Waals surface area contributed by atoms with Gasteiger partial charge in [0, 0.05) is 36.9 Å². The summed E-state index contributed by atoms with van der Waals surface area (Å²) >= 11 is 6.01. The normalized spacial score (nSPS) is 11.2. The van der Waals surface area contributed by atoms with Crippen LogP contribution in [0.2, 0.25) is 5.02 Å². The SMILES string of the molecule is CN(C)CCN(C)c1cc(Cl)ccc1/C=C/C(=O)O. The standard InChI is InChI=1S/C14H19ClN2O2/c1-16(2)8-9-17(3)13-10-12(15)6-4-11(13)5-7-14(18)19/h4-7,10H,8-9H2,1-3H3,(H,18,19)/b7-5+. The van der Waals surface area contributed by atoms with Crippen molar-refractivity contribution in [2.75, 3.05) is 39.1 Å². The fourth-order valence-corrected chi connectivity index (χ4v) is 1.79. The highest BCUT2D eigenvalue weighted by Crippen LogP contribution is 2.25. The summed E-state index contributed by atoms with van der Waals surface area (Å²) in [6.07, 6.45) is 2.71. The Morgan fingerprint density at radius 3 is 2.58 bits per heavy atom. The number of hydrogen-bond donors (Lipinski definition) is 1. The number of rotatable bonds is 6. The van der Waals surface area contributed by atoms with Crippen LogP contribution in [-0.2, 0) is 4.79 Å². The first-order chi connectivity index (χ1) is 8.90. The van der Waals surface area contributed by atoms with Crippen molar-refractivity contribution in [3.63, 3.8) is 0 Å². The largest absolute Gasteiger partial charge is 0.478 e. The first kappa shape index (κ1) is 15.5. The van der Waals surface area contributed by atoms with Crippen LogP contribution in [0.4, 0.5) is 5.69 Å². The third kappa shape index (κ3) is 5.32. The van der Waals surface area contributed by atoms with Gasteiger partial charge in [-0.3, -0.25) is 0 Å². The zero-order valence-electron chi connectivity index (χ0n) is 11.4. The Labute approximate surface area is 118 Å². The number of benzene rings is 1. The average Bonchev–Trinajstić information content (AvgIpc) is 2.34. The minimum Gasteiger partial charge on any atom is -0.478 e. The van der Waals surface area contributed by atoms with Crippen molar-refractivity contribution in [2.24, 2.45) is 0 Å². The molecule has 1 aromatic rings. The topological polar surface area (TPSA) is 43.8 Å². The molecule has 0 heterocycles. The van der Waals surface area contributed by atoms with E-state index >= 15 is 0 Å². The second-order valence-corrected chi connectivity index (χ2v) is 5.04. The lowest BCUT2D eigenvalue weighted by Crippen LogP contribution is -2.28. The Balaban J connectivity index is 2.96. The number of likely N-dealkylation sites (N-methyl/N-ethyl adjacent to an activating group) is 2. The summed E-state index contributed by atoms with van der Waals surface area (Å²) in [4.78, 5) is 14.8. The zero-order chi connectivity index (χ0) is 14.4. The number of anilines is 1. The van der Waals surface area contributed by atoms with Crippen LogP contribution >= 0.6 is 11.6 Å². The summed E-state index contributed by atoms with van der Waals surface area (Å²) in [5, 5.41) is 9.34. The molecule has 5 heteroatoms. The van der Waals surface area contributed by atoms with Crippen molar-refractivity contribution in [1.29, 1.82) is 0 Å². The summed E-state index contributed by atoms with van der Waals surface area (Å²) < 4.78 is 0. The molecule has 0 fully saturated rings. The van der Waals surface area contributed by atoms with E-state index in [1.54, 1.807) is 12.1 Å². The lowest BCUT2D eigenvalue weighted by molar-refractivity contribution is -0.131. The van der Waals surface area contributed by atoms with E-state index in [4.69, 9.17) is 16.7 Å². The smallest absolute Gasteiger partial charge is 0.328 e. The molecule has 0 aliphatic carbocycles. The molecule has 0 atom stereocenters. The quantitative estimate of drug-likeness (QED) is 0.814. The monoisotopic (exact) mass is 282 g/mol. The minimum absolute atomic E-state index is 0.638. The number of carbonyl (C=O) groups is 1. The maximum atomic E-state index is 10.6. The van der Waals surface area contributed by atoms with Gasteiger partial charge in [-0.25, -0.2) is 4.79 Å². The molecule has 1 aromatic carbocycles. The number of halogens is 1. The molecule has 0 spiro atoms. The van der Waals surface area contributed by atoms with Crippen LogP contribution in [0.1, 0.15) is 5.56 Å². The predicted molar refractivity (Wildman–Crippen MR) is 79.9 cm³/mol.